The van der Waals surface area contributed by atoms with E-state index in [-0.39, 0.29) is 43.7 Å². The quantitative estimate of drug-likeness (QED) is 0.110. The molecule has 0 aromatic heterocycles. The van der Waals surface area contributed by atoms with Crippen LogP contribution >= 0.6 is 0 Å². The minimum atomic E-state index is -1.23. The number of aliphatic carboxylic acids is 1. The Balaban J connectivity index is 1.40. The standard InChI is InChI=1S/C44H61N5O9/c1-30(2)27-34(46-43(56)58-44(3,4)5)23-22-33(28-31-15-8-6-9-16-31)39(51)49-26-14-21-37(49)40(52)48-25-13-20-36(48)38(50)47-35(41(53)54)19-12-24-45-42(55)57-29-32-17-10-7-11-18-32/h6-11,15-18,22-23,30,33-37H,12-14,19-21,24-29H2,1-5H3,(H,45,55)(H,46,56)(H,47,50)(H,53,54)/b23-22+/t33-,34+,35?,36-,37-/m0/s1. The zero-order valence-electron chi connectivity index (χ0n) is 34.5. The number of benzene rings is 2. The highest BCUT2D eigenvalue weighted by molar-refractivity contribution is 5.94. The van der Waals surface area contributed by atoms with Gasteiger partial charge in [-0.15, -0.1) is 0 Å². The Hall–Kier alpha value is -5.40. The minimum Gasteiger partial charge on any atom is -0.480 e. The van der Waals surface area contributed by atoms with Gasteiger partial charge < -0.3 is 40.3 Å². The molecule has 5 amide bonds. The average Bonchev–Trinajstić information content (AvgIpc) is 3.87. The first kappa shape index (κ1) is 45.3. The number of rotatable bonds is 18. The Labute approximate surface area is 342 Å². The summed E-state index contributed by atoms with van der Waals surface area (Å²) in [4.78, 5) is 82.3. The fourth-order valence-corrected chi connectivity index (χ4v) is 7.32. The van der Waals surface area contributed by atoms with Crippen LogP contribution in [0, 0.1) is 11.8 Å². The van der Waals surface area contributed by atoms with Crippen LogP contribution in [0.2, 0.25) is 0 Å². The van der Waals surface area contributed by atoms with Crippen LogP contribution in [0.4, 0.5) is 9.59 Å². The Morgan fingerprint density at radius 2 is 1.45 bits per heavy atom. The van der Waals surface area contributed by atoms with Gasteiger partial charge in [-0.3, -0.25) is 14.4 Å². The number of carboxylic acid groups (broad SMARTS) is 1. The van der Waals surface area contributed by atoms with Crippen molar-refractivity contribution < 1.29 is 43.3 Å². The van der Waals surface area contributed by atoms with Gasteiger partial charge in [0.1, 0.15) is 30.3 Å². The molecule has 2 fully saturated rings. The van der Waals surface area contributed by atoms with Crippen molar-refractivity contribution in [3.05, 3.63) is 83.9 Å². The first-order valence-electron chi connectivity index (χ1n) is 20.4. The van der Waals surface area contributed by atoms with E-state index < -0.39 is 59.7 Å². The fourth-order valence-electron chi connectivity index (χ4n) is 7.32. The summed E-state index contributed by atoms with van der Waals surface area (Å²) in [6.07, 6.45) is 5.75. The third kappa shape index (κ3) is 14.5. The van der Waals surface area contributed by atoms with Gasteiger partial charge in [0.2, 0.25) is 17.7 Å². The maximum Gasteiger partial charge on any atom is 0.408 e. The number of nitrogens with one attached hydrogen (secondary N) is 3. The summed E-state index contributed by atoms with van der Waals surface area (Å²) in [6, 6.07) is 15.5. The molecular formula is C44H61N5O9. The van der Waals surface area contributed by atoms with E-state index in [0.717, 1.165) is 11.1 Å². The number of alkyl carbamates (subject to hydrolysis) is 2. The molecule has 4 rings (SSSR count). The Morgan fingerprint density at radius 1 is 0.828 bits per heavy atom. The highest BCUT2D eigenvalue weighted by Crippen LogP contribution is 2.28. The lowest BCUT2D eigenvalue weighted by molar-refractivity contribution is -0.148. The predicted octanol–water partition coefficient (Wildman–Crippen LogP) is 5.60. The average molecular weight is 804 g/mol. The molecule has 2 saturated heterocycles. The fraction of sp³-hybridized carbons (Fsp3) is 0.545. The van der Waals surface area contributed by atoms with Crippen molar-refractivity contribution >= 4 is 35.9 Å². The number of ether oxygens (including phenoxy) is 2. The van der Waals surface area contributed by atoms with E-state index in [9.17, 15) is 33.9 Å². The van der Waals surface area contributed by atoms with Gasteiger partial charge in [0.25, 0.3) is 0 Å². The monoisotopic (exact) mass is 803 g/mol. The number of likely N-dealkylation sites (tertiary alicyclic amines) is 2. The van der Waals surface area contributed by atoms with E-state index in [1.807, 2.05) is 86.7 Å². The number of carboxylic acids is 1. The third-order valence-electron chi connectivity index (χ3n) is 10.0. The second kappa shape index (κ2) is 21.9. The van der Waals surface area contributed by atoms with Gasteiger partial charge in [0, 0.05) is 19.6 Å². The van der Waals surface area contributed by atoms with Gasteiger partial charge in [0.15, 0.2) is 0 Å². The number of hydrogen-bond acceptors (Lipinski definition) is 8. The summed E-state index contributed by atoms with van der Waals surface area (Å²) in [5, 5.41) is 18.1. The van der Waals surface area contributed by atoms with Crippen LogP contribution in [-0.4, -0.2) is 100 Å². The molecule has 4 N–H and O–H groups in total. The Morgan fingerprint density at radius 3 is 2.07 bits per heavy atom. The van der Waals surface area contributed by atoms with E-state index in [4.69, 9.17) is 9.47 Å². The van der Waals surface area contributed by atoms with E-state index >= 15 is 0 Å². The van der Waals surface area contributed by atoms with E-state index in [2.05, 4.69) is 16.0 Å². The highest BCUT2D eigenvalue weighted by Gasteiger charge is 2.43. The number of hydrogen-bond donors (Lipinski definition) is 4. The Bertz CT molecular complexity index is 1710. The third-order valence-corrected chi connectivity index (χ3v) is 10.0. The zero-order chi connectivity index (χ0) is 42.2. The van der Waals surface area contributed by atoms with Crippen LogP contribution in [-0.2, 0) is 41.7 Å². The van der Waals surface area contributed by atoms with Crippen LogP contribution in [0.25, 0.3) is 0 Å². The number of amides is 5. The summed E-state index contributed by atoms with van der Waals surface area (Å²) in [7, 11) is 0. The van der Waals surface area contributed by atoms with Crippen LogP contribution < -0.4 is 16.0 Å². The second-order valence-corrected chi connectivity index (χ2v) is 16.5. The van der Waals surface area contributed by atoms with Crippen molar-refractivity contribution in [1.29, 1.82) is 0 Å². The smallest absolute Gasteiger partial charge is 0.408 e. The zero-order valence-corrected chi connectivity index (χ0v) is 34.5. The molecule has 14 heteroatoms. The molecule has 5 atom stereocenters. The van der Waals surface area contributed by atoms with E-state index in [0.29, 0.717) is 51.6 Å². The molecule has 316 valence electrons. The lowest BCUT2D eigenvalue weighted by Gasteiger charge is -2.33. The van der Waals surface area contributed by atoms with E-state index in [1.54, 1.807) is 25.7 Å². The molecule has 14 nitrogen and oxygen atoms in total. The Kier molecular flexibility index (Phi) is 17.1. The molecule has 58 heavy (non-hydrogen) atoms. The molecule has 2 aromatic rings. The van der Waals surface area contributed by atoms with Crippen molar-refractivity contribution in [2.45, 2.75) is 122 Å². The molecule has 1 unspecified atom stereocenters. The lowest BCUT2D eigenvalue weighted by atomic mass is 9.94. The minimum absolute atomic E-state index is 0.0489. The number of carbonyl (C=O) groups excluding carboxylic acids is 5. The molecule has 2 aromatic carbocycles. The first-order chi connectivity index (χ1) is 27.6. The van der Waals surface area contributed by atoms with Gasteiger partial charge in [-0.1, -0.05) is 86.7 Å². The lowest BCUT2D eigenvalue weighted by Crippen LogP contribution is -2.55. The van der Waals surface area contributed by atoms with Crippen molar-refractivity contribution in [2.24, 2.45) is 11.8 Å². The van der Waals surface area contributed by atoms with Crippen molar-refractivity contribution in [3.63, 3.8) is 0 Å². The van der Waals surface area contributed by atoms with Crippen molar-refractivity contribution in [1.82, 2.24) is 25.8 Å². The van der Waals surface area contributed by atoms with Crippen LogP contribution in [0.1, 0.15) is 90.7 Å². The summed E-state index contributed by atoms with van der Waals surface area (Å²) in [5.74, 6) is -2.75. The number of carbonyl (C=O) groups is 6. The SMILES string of the molecule is CC(C)C[C@@H](/C=C/[C@@H](Cc1ccccc1)C(=O)N1CCC[C@H]1C(=O)N1CCC[C@H]1C(=O)NC(CCCNC(=O)OCc1ccccc1)C(=O)O)NC(=O)OC(C)(C)C. The topological polar surface area (TPSA) is 184 Å². The predicted molar refractivity (Wildman–Crippen MR) is 218 cm³/mol. The molecule has 0 bridgehead atoms. The molecule has 2 aliphatic heterocycles. The van der Waals surface area contributed by atoms with Gasteiger partial charge >= 0.3 is 18.2 Å². The van der Waals surface area contributed by atoms with Crippen molar-refractivity contribution in [3.8, 4) is 0 Å². The summed E-state index contributed by atoms with van der Waals surface area (Å²) >= 11 is 0. The van der Waals surface area contributed by atoms with Crippen LogP contribution in [0.3, 0.4) is 0 Å². The highest BCUT2D eigenvalue weighted by atomic mass is 16.6. The molecule has 0 saturated carbocycles. The van der Waals surface area contributed by atoms with Crippen LogP contribution in [0.15, 0.2) is 72.8 Å². The molecule has 0 spiro atoms. The maximum absolute atomic E-state index is 14.4. The summed E-state index contributed by atoms with van der Waals surface area (Å²) in [5.41, 5.74) is 1.10. The molecule has 2 heterocycles. The van der Waals surface area contributed by atoms with Gasteiger partial charge in [-0.05, 0) is 89.2 Å². The largest absolute Gasteiger partial charge is 0.480 e. The van der Waals surface area contributed by atoms with Gasteiger partial charge in [0.05, 0.1) is 12.0 Å². The van der Waals surface area contributed by atoms with E-state index in [1.165, 1.54) is 4.90 Å². The summed E-state index contributed by atoms with van der Waals surface area (Å²) in [6.45, 7) is 10.4. The van der Waals surface area contributed by atoms with Crippen molar-refractivity contribution in [2.75, 3.05) is 19.6 Å². The van der Waals surface area contributed by atoms with Gasteiger partial charge in [-0.25, -0.2) is 14.4 Å². The van der Waals surface area contributed by atoms with Gasteiger partial charge in [-0.2, -0.15) is 0 Å². The first-order valence-corrected chi connectivity index (χ1v) is 20.4. The normalized spacial score (nSPS) is 18.4. The molecule has 0 aliphatic carbocycles. The molecule has 2 aliphatic rings. The molecular weight excluding hydrogens is 743 g/mol. The summed E-state index contributed by atoms with van der Waals surface area (Å²) < 4.78 is 10.7. The molecule has 0 radical (unpaired) electrons. The second-order valence-electron chi connectivity index (χ2n) is 16.5. The maximum atomic E-state index is 14.4. The number of nitrogens with zero attached hydrogens (tertiary/aromatic N) is 2. The van der Waals surface area contributed by atoms with Crippen LogP contribution in [0.5, 0.6) is 0 Å².